The van der Waals surface area contributed by atoms with Crippen LogP contribution in [0.5, 0.6) is 11.8 Å². The van der Waals surface area contributed by atoms with Gasteiger partial charge in [0, 0.05) is 0 Å². The molecule has 0 amide bonds. The predicted molar refractivity (Wildman–Crippen MR) is 62.6 cm³/mol. The lowest BCUT2D eigenvalue weighted by molar-refractivity contribution is 0.00743. The van der Waals surface area contributed by atoms with Crippen LogP contribution < -0.4 is 14.4 Å². The van der Waals surface area contributed by atoms with Gasteiger partial charge in [0.25, 0.3) is 0 Å². The SMILES string of the molecule is CCC1(O)CN(c2nc(OC)cc(OC)n2)C1. The van der Waals surface area contributed by atoms with Gasteiger partial charge in [0.2, 0.25) is 17.7 Å². The minimum atomic E-state index is -0.611. The summed E-state index contributed by atoms with van der Waals surface area (Å²) < 4.78 is 10.1. The van der Waals surface area contributed by atoms with Crippen LogP contribution in [0.2, 0.25) is 0 Å². The summed E-state index contributed by atoms with van der Waals surface area (Å²) in [6.45, 7) is 3.05. The number of aliphatic hydroxyl groups is 1. The Morgan fingerprint density at radius 2 is 1.82 bits per heavy atom. The zero-order chi connectivity index (χ0) is 12.5. The highest BCUT2D eigenvalue weighted by molar-refractivity contribution is 5.41. The third-order valence-electron chi connectivity index (χ3n) is 3.00. The molecule has 94 valence electrons. The van der Waals surface area contributed by atoms with Gasteiger partial charge in [-0.15, -0.1) is 0 Å². The molecular weight excluding hydrogens is 222 g/mol. The topological polar surface area (TPSA) is 67.7 Å². The molecule has 0 saturated carbocycles. The van der Waals surface area contributed by atoms with E-state index < -0.39 is 5.60 Å². The molecular formula is C11H17N3O3. The van der Waals surface area contributed by atoms with Crippen LogP contribution in [-0.4, -0.2) is 48.0 Å². The summed E-state index contributed by atoms with van der Waals surface area (Å²) in [5.41, 5.74) is -0.611. The quantitative estimate of drug-likeness (QED) is 0.823. The molecule has 1 aromatic heterocycles. The Bertz CT molecular complexity index is 383. The molecule has 0 atom stereocenters. The zero-order valence-electron chi connectivity index (χ0n) is 10.3. The summed E-state index contributed by atoms with van der Waals surface area (Å²) in [5.74, 6) is 1.44. The smallest absolute Gasteiger partial charge is 0.232 e. The van der Waals surface area contributed by atoms with Crippen molar-refractivity contribution in [2.75, 3.05) is 32.2 Å². The molecule has 0 radical (unpaired) electrons. The van der Waals surface area contributed by atoms with E-state index in [2.05, 4.69) is 9.97 Å². The predicted octanol–water partition coefficient (Wildman–Crippen LogP) is 0.455. The van der Waals surface area contributed by atoms with Crippen molar-refractivity contribution in [2.45, 2.75) is 18.9 Å². The van der Waals surface area contributed by atoms with Gasteiger partial charge in [-0.3, -0.25) is 0 Å². The molecule has 0 aromatic carbocycles. The van der Waals surface area contributed by atoms with Gasteiger partial charge in [0.1, 0.15) is 0 Å². The van der Waals surface area contributed by atoms with Crippen LogP contribution in [0.25, 0.3) is 0 Å². The van der Waals surface area contributed by atoms with Crippen molar-refractivity contribution in [2.24, 2.45) is 0 Å². The maximum Gasteiger partial charge on any atom is 0.232 e. The van der Waals surface area contributed by atoms with Crippen molar-refractivity contribution in [3.05, 3.63) is 6.07 Å². The molecule has 1 N–H and O–H groups in total. The van der Waals surface area contributed by atoms with E-state index in [0.29, 0.717) is 30.8 Å². The molecule has 1 aliphatic rings. The number of hydrogen-bond acceptors (Lipinski definition) is 6. The van der Waals surface area contributed by atoms with Crippen molar-refractivity contribution in [1.82, 2.24) is 9.97 Å². The first-order valence-electron chi connectivity index (χ1n) is 5.54. The molecule has 0 aliphatic carbocycles. The van der Waals surface area contributed by atoms with Crippen molar-refractivity contribution in [3.63, 3.8) is 0 Å². The van der Waals surface area contributed by atoms with Crippen LogP contribution in [-0.2, 0) is 0 Å². The summed E-state index contributed by atoms with van der Waals surface area (Å²) in [7, 11) is 3.09. The lowest BCUT2D eigenvalue weighted by Gasteiger charge is -2.46. The van der Waals surface area contributed by atoms with Gasteiger partial charge < -0.3 is 19.5 Å². The number of aromatic nitrogens is 2. The van der Waals surface area contributed by atoms with Crippen LogP contribution in [0.3, 0.4) is 0 Å². The van der Waals surface area contributed by atoms with Gasteiger partial charge in [-0.1, -0.05) is 6.92 Å². The lowest BCUT2D eigenvalue weighted by atomic mass is 9.92. The fourth-order valence-corrected chi connectivity index (χ4v) is 1.77. The molecule has 6 nitrogen and oxygen atoms in total. The van der Waals surface area contributed by atoms with E-state index in [4.69, 9.17) is 9.47 Å². The van der Waals surface area contributed by atoms with Crippen molar-refractivity contribution in [1.29, 1.82) is 0 Å². The highest BCUT2D eigenvalue weighted by atomic mass is 16.5. The Morgan fingerprint density at radius 1 is 1.29 bits per heavy atom. The molecule has 0 spiro atoms. The molecule has 2 rings (SSSR count). The maximum atomic E-state index is 9.94. The highest BCUT2D eigenvalue weighted by Gasteiger charge is 2.41. The molecule has 2 heterocycles. The summed E-state index contributed by atoms with van der Waals surface area (Å²) in [6.07, 6.45) is 0.727. The molecule has 1 fully saturated rings. The second kappa shape index (κ2) is 4.37. The first-order valence-corrected chi connectivity index (χ1v) is 5.54. The Balaban J connectivity index is 2.17. The average Bonchev–Trinajstić information content (AvgIpc) is 2.34. The first kappa shape index (κ1) is 11.9. The van der Waals surface area contributed by atoms with Gasteiger partial charge in [-0.2, -0.15) is 9.97 Å². The van der Waals surface area contributed by atoms with E-state index in [-0.39, 0.29) is 0 Å². The van der Waals surface area contributed by atoms with Gasteiger partial charge in [0.05, 0.1) is 39.0 Å². The second-order valence-corrected chi connectivity index (χ2v) is 4.19. The molecule has 1 saturated heterocycles. The zero-order valence-corrected chi connectivity index (χ0v) is 10.3. The van der Waals surface area contributed by atoms with E-state index in [1.54, 1.807) is 20.3 Å². The Hall–Kier alpha value is -1.56. The summed E-state index contributed by atoms with van der Waals surface area (Å²) in [6, 6.07) is 1.62. The van der Waals surface area contributed by atoms with Gasteiger partial charge in [-0.25, -0.2) is 0 Å². The molecule has 0 unspecified atom stereocenters. The van der Waals surface area contributed by atoms with Gasteiger partial charge in [0.15, 0.2) is 0 Å². The van der Waals surface area contributed by atoms with E-state index in [9.17, 15) is 5.11 Å². The van der Waals surface area contributed by atoms with Crippen molar-refractivity contribution < 1.29 is 14.6 Å². The monoisotopic (exact) mass is 239 g/mol. The average molecular weight is 239 g/mol. The van der Waals surface area contributed by atoms with Gasteiger partial charge in [-0.05, 0) is 6.42 Å². The molecule has 1 aromatic rings. The van der Waals surface area contributed by atoms with Crippen LogP contribution >= 0.6 is 0 Å². The van der Waals surface area contributed by atoms with Crippen molar-refractivity contribution >= 4 is 5.95 Å². The van der Waals surface area contributed by atoms with E-state index in [0.717, 1.165) is 6.42 Å². The number of hydrogen-bond donors (Lipinski definition) is 1. The minimum Gasteiger partial charge on any atom is -0.481 e. The lowest BCUT2D eigenvalue weighted by Crippen LogP contribution is -2.62. The standard InChI is InChI=1S/C11H17N3O3/c1-4-11(15)6-14(7-11)10-12-8(16-2)5-9(13-10)17-3/h5,15H,4,6-7H2,1-3H3. The highest BCUT2D eigenvalue weighted by Crippen LogP contribution is 2.29. The second-order valence-electron chi connectivity index (χ2n) is 4.19. The fraction of sp³-hybridized carbons (Fsp3) is 0.636. The van der Waals surface area contributed by atoms with Crippen LogP contribution in [0.15, 0.2) is 6.07 Å². The largest absolute Gasteiger partial charge is 0.481 e. The number of nitrogens with zero attached hydrogens (tertiary/aromatic N) is 3. The Morgan fingerprint density at radius 3 is 2.24 bits per heavy atom. The van der Waals surface area contributed by atoms with E-state index in [1.807, 2.05) is 11.8 Å². The van der Waals surface area contributed by atoms with E-state index in [1.165, 1.54) is 0 Å². The number of anilines is 1. The summed E-state index contributed by atoms with van der Waals surface area (Å²) in [4.78, 5) is 10.3. The van der Waals surface area contributed by atoms with E-state index >= 15 is 0 Å². The first-order chi connectivity index (χ1) is 8.10. The maximum absolute atomic E-state index is 9.94. The normalized spacial score (nSPS) is 17.5. The summed E-state index contributed by atoms with van der Waals surface area (Å²) in [5, 5.41) is 9.94. The molecule has 6 heteroatoms. The van der Waals surface area contributed by atoms with Crippen molar-refractivity contribution in [3.8, 4) is 11.8 Å². The third kappa shape index (κ3) is 2.26. The fourth-order valence-electron chi connectivity index (χ4n) is 1.77. The number of methoxy groups -OCH3 is 2. The van der Waals surface area contributed by atoms with Crippen LogP contribution in [0.1, 0.15) is 13.3 Å². The number of ether oxygens (including phenoxy) is 2. The molecule has 1 aliphatic heterocycles. The van der Waals surface area contributed by atoms with Crippen LogP contribution in [0, 0.1) is 0 Å². The third-order valence-corrected chi connectivity index (χ3v) is 3.00. The minimum absolute atomic E-state index is 0.457. The Kier molecular flexibility index (Phi) is 3.06. The molecule has 0 bridgehead atoms. The summed E-state index contributed by atoms with van der Waals surface area (Å²) >= 11 is 0. The van der Waals surface area contributed by atoms with Crippen LogP contribution in [0.4, 0.5) is 5.95 Å². The van der Waals surface area contributed by atoms with Gasteiger partial charge >= 0.3 is 0 Å². The number of rotatable bonds is 4. The number of β-amino-alcohol motifs (C(OH)–C–C–N with tert-alkyl or cyclic N) is 1. The Labute approximate surface area is 100 Å². The molecule has 17 heavy (non-hydrogen) atoms.